The molecule has 2 aromatic rings. The number of anilines is 1. The van der Waals surface area contributed by atoms with Gasteiger partial charge in [-0.1, -0.05) is 30.8 Å². The van der Waals surface area contributed by atoms with Crippen LogP contribution in [0, 0.1) is 0 Å². The van der Waals surface area contributed by atoms with Gasteiger partial charge in [-0.15, -0.1) is 0 Å². The third kappa shape index (κ3) is 1.23. The van der Waals surface area contributed by atoms with E-state index >= 15 is 0 Å². The smallest absolute Gasteiger partial charge is 0.124 e. The molecule has 80 valence electrons. The van der Waals surface area contributed by atoms with Gasteiger partial charge in [0.15, 0.2) is 0 Å². The van der Waals surface area contributed by atoms with Crippen LogP contribution in [-0.2, 0) is 0 Å². The highest BCUT2D eigenvalue weighted by Gasteiger charge is 2.21. The van der Waals surface area contributed by atoms with Crippen LogP contribution in [0.1, 0.15) is 13.8 Å². The third-order valence-electron chi connectivity index (χ3n) is 2.93. The van der Waals surface area contributed by atoms with E-state index < -0.39 is 0 Å². The standard InChI is InChI=1S/C14H14N2/c1-9-7-8-10-5-4-6-11-12(10)13(9)16-14(2,3)15-11/h4-8,15H,1H2,2-3H3. The third-order valence-corrected chi connectivity index (χ3v) is 2.93. The predicted molar refractivity (Wildman–Crippen MR) is 68.0 cm³/mol. The molecule has 2 nitrogen and oxygen atoms in total. The van der Waals surface area contributed by atoms with Gasteiger partial charge in [-0.2, -0.15) is 0 Å². The first-order valence-corrected chi connectivity index (χ1v) is 5.46. The summed E-state index contributed by atoms with van der Waals surface area (Å²) in [6.07, 6.45) is 0. The molecule has 0 atom stereocenters. The number of rotatable bonds is 0. The van der Waals surface area contributed by atoms with Gasteiger partial charge in [-0.05, 0) is 30.5 Å². The van der Waals surface area contributed by atoms with E-state index in [0.717, 1.165) is 16.3 Å². The molecule has 0 unspecified atom stereocenters. The van der Waals surface area contributed by atoms with E-state index in [0.29, 0.717) is 0 Å². The Hall–Kier alpha value is -1.83. The normalized spacial score (nSPS) is 16.6. The number of hydrogen-bond acceptors (Lipinski definition) is 2. The molecule has 0 fully saturated rings. The zero-order chi connectivity index (χ0) is 11.3. The molecule has 2 heteroatoms. The highest BCUT2D eigenvalue weighted by Crippen LogP contribution is 2.25. The number of benzene rings is 2. The van der Waals surface area contributed by atoms with Gasteiger partial charge >= 0.3 is 0 Å². The van der Waals surface area contributed by atoms with Crippen molar-refractivity contribution in [2.24, 2.45) is 4.99 Å². The van der Waals surface area contributed by atoms with Gasteiger partial charge in [0, 0.05) is 11.1 Å². The van der Waals surface area contributed by atoms with Crippen molar-refractivity contribution in [3.05, 3.63) is 40.9 Å². The van der Waals surface area contributed by atoms with Gasteiger partial charge in [0.1, 0.15) is 5.66 Å². The maximum Gasteiger partial charge on any atom is 0.124 e. The zero-order valence-electron chi connectivity index (χ0n) is 9.54. The number of nitrogens with zero attached hydrogens (tertiary/aromatic N) is 1. The van der Waals surface area contributed by atoms with Crippen molar-refractivity contribution in [1.82, 2.24) is 0 Å². The van der Waals surface area contributed by atoms with Crippen molar-refractivity contribution in [1.29, 1.82) is 0 Å². The molecule has 0 amide bonds. The molecule has 0 saturated carbocycles. The Bertz CT molecular complexity index is 684. The summed E-state index contributed by atoms with van der Waals surface area (Å²) in [7, 11) is 0. The molecule has 0 bridgehead atoms. The minimum Gasteiger partial charge on any atom is -0.361 e. The summed E-state index contributed by atoms with van der Waals surface area (Å²) >= 11 is 0. The van der Waals surface area contributed by atoms with Crippen LogP contribution >= 0.6 is 0 Å². The second-order valence-corrected chi connectivity index (χ2v) is 4.77. The molecule has 0 aliphatic carbocycles. The quantitative estimate of drug-likeness (QED) is 0.707. The molecule has 16 heavy (non-hydrogen) atoms. The van der Waals surface area contributed by atoms with Crippen LogP contribution in [0.4, 0.5) is 5.69 Å². The van der Waals surface area contributed by atoms with E-state index in [-0.39, 0.29) is 5.66 Å². The summed E-state index contributed by atoms with van der Waals surface area (Å²) < 4.78 is 0. The maximum absolute atomic E-state index is 4.72. The van der Waals surface area contributed by atoms with E-state index in [9.17, 15) is 0 Å². The summed E-state index contributed by atoms with van der Waals surface area (Å²) in [5.74, 6) is 0. The Morgan fingerprint density at radius 2 is 2.00 bits per heavy atom. The summed E-state index contributed by atoms with van der Waals surface area (Å²) in [6, 6.07) is 10.4. The highest BCUT2D eigenvalue weighted by atomic mass is 15.1. The Morgan fingerprint density at radius 3 is 2.81 bits per heavy atom. The molecule has 0 saturated heterocycles. The van der Waals surface area contributed by atoms with Gasteiger partial charge in [0.2, 0.25) is 0 Å². The maximum atomic E-state index is 4.72. The van der Waals surface area contributed by atoms with E-state index in [1.165, 1.54) is 10.8 Å². The van der Waals surface area contributed by atoms with Crippen molar-refractivity contribution in [2.75, 3.05) is 5.32 Å². The Morgan fingerprint density at radius 1 is 1.19 bits per heavy atom. The first kappa shape index (κ1) is 9.40. The van der Waals surface area contributed by atoms with Crippen molar-refractivity contribution < 1.29 is 0 Å². The largest absolute Gasteiger partial charge is 0.361 e. The first-order chi connectivity index (χ1) is 7.57. The Kier molecular flexibility index (Phi) is 1.67. The molecular weight excluding hydrogens is 196 g/mol. The minimum atomic E-state index is -0.255. The molecule has 0 spiro atoms. The van der Waals surface area contributed by atoms with Gasteiger partial charge < -0.3 is 5.32 Å². The summed E-state index contributed by atoms with van der Waals surface area (Å²) in [6.45, 7) is 8.20. The fourth-order valence-electron chi connectivity index (χ4n) is 2.27. The SMILES string of the molecule is C=c1ccc2cccc3c2c1=NC(C)(C)N3. The molecule has 1 aliphatic rings. The van der Waals surface area contributed by atoms with E-state index in [4.69, 9.17) is 4.99 Å². The molecule has 3 rings (SSSR count). The van der Waals surface area contributed by atoms with Crippen LogP contribution in [0.3, 0.4) is 0 Å². The average molecular weight is 210 g/mol. The average Bonchev–Trinajstić information content (AvgIpc) is 2.21. The lowest BCUT2D eigenvalue weighted by molar-refractivity contribution is 0.579. The van der Waals surface area contributed by atoms with E-state index in [1.807, 2.05) is 6.07 Å². The van der Waals surface area contributed by atoms with Crippen LogP contribution in [0.5, 0.6) is 0 Å². The van der Waals surface area contributed by atoms with Crippen LogP contribution in [0.25, 0.3) is 17.4 Å². The van der Waals surface area contributed by atoms with Gasteiger partial charge in [0.25, 0.3) is 0 Å². The lowest BCUT2D eigenvalue weighted by Crippen LogP contribution is -2.39. The van der Waals surface area contributed by atoms with Crippen LogP contribution in [-0.4, -0.2) is 5.66 Å². The molecule has 2 aromatic carbocycles. The first-order valence-electron chi connectivity index (χ1n) is 5.46. The van der Waals surface area contributed by atoms with Crippen LogP contribution in [0.2, 0.25) is 0 Å². The second kappa shape index (κ2) is 2.85. The number of nitrogens with one attached hydrogen (secondary N) is 1. The van der Waals surface area contributed by atoms with Gasteiger partial charge in [-0.3, -0.25) is 4.99 Å². The highest BCUT2D eigenvalue weighted by molar-refractivity contribution is 5.94. The van der Waals surface area contributed by atoms with E-state index in [1.54, 1.807) is 0 Å². The summed E-state index contributed by atoms with van der Waals surface area (Å²) in [5.41, 5.74) is 0.896. The lowest BCUT2D eigenvalue weighted by atomic mass is 10.0. The van der Waals surface area contributed by atoms with Crippen LogP contribution in [0.15, 0.2) is 35.3 Å². The Balaban J connectivity index is 2.62. The van der Waals surface area contributed by atoms with Gasteiger partial charge in [-0.25, -0.2) is 0 Å². The van der Waals surface area contributed by atoms with Crippen molar-refractivity contribution in [3.8, 4) is 0 Å². The number of hydrogen-bond donors (Lipinski definition) is 1. The lowest BCUT2D eigenvalue weighted by Gasteiger charge is -2.28. The van der Waals surface area contributed by atoms with E-state index in [2.05, 4.69) is 50.0 Å². The molecule has 1 N–H and O–H groups in total. The van der Waals surface area contributed by atoms with Crippen molar-refractivity contribution >= 4 is 23.0 Å². The molecule has 0 aromatic heterocycles. The molecular formula is C14H14N2. The summed E-state index contributed by atoms with van der Waals surface area (Å²) in [5, 5.41) is 7.86. The Labute approximate surface area is 94.3 Å². The van der Waals surface area contributed by atoms with Crippen molar-refractivity contribution in [2.45, 2.75) is 19.5 Å². The fourth-order valence-corrected chi connectivity index (χ4v) is 2.27. The predicted octanol–water partition coefficient (Wildman–Crippen LogP) is 2.03. The molecule has 0 radical (unpaired) electrons. The zero-order valence-corrected chi connectivity index (χ0v) is 9.54. The minimum absolute atomic E-state index is 0.255. The molecule has 1 aliphatic heterocycles. The van der Waals surface area contributed by atoms with Crippen molar-refractivity contribution in [3.63, 3.8) is 0 Å². The monoisotopic (exact) mass is 210 g/mol. The molecule has 1 heterocycles. The van der Waals surface area contributed by atoms with Crippen LogP contribution < -0.4 is 15.9 Å². The second-order valence-electron chi connectivity index (χ2n) is 4.77. The summed E-state index contributed by atoms with van der Waals surface area (Å²) in [4.78, 5) is 4.72. The fraction of sp³-hybridized carbons (Fsp3) is 0.214. The topological polar surface area (TPSA) is 24.4 Å². The van der Waals surface area contributed by atoms with Gasteiger partial charge in [0.05, 0.1) is 5.36 Å².